The molecule has 4 aliphatic carbocycles. The van der Waals surface area contributed by atoms with Crippen LogP contribution in [0.15, 0.2) is 30.9 Å². The highest BCUT2D eigenvalue weighted by Gasteiger charge is 2.61. The van der Waals surface area contributed by atoms with Crippen LogP contribution in [0, 0.1) is 17.3 Å². The number of benzene rings is 1. The van der Waals surface area contributed by atoms with Gasteiger partial charge < -0.3 is 14.8 Å². The third-order valence-electron chi connectivity index (χ3n) is 7.31. The molecule has 4 saturated carbocycles. The summed E-state index contributed by atoms with van der Waals surface area (Å²) in [4.78, 5) is 17.6. The Bertz CT molecular complexity index is 912. The molecule has 0 spiro atoms. The van der Waals surface area contributed by atoms with E-state index >= 15 is 0 Å². The molecule has 146 valence electrons. The van der Waals surface area contributed by atoms with Gasteiger partial charge in [0.05, 0.1) is 11.0 Å². The number of fused-ring (bicyclic) bond motifs is 1. The Morgan fingerprint density at radius 3 is 2.79 bits per heavy atom. The van der Waals surface area contributed by atoms with Crippen molar-refractivity contribution in [3.63, 3.8) is 0 Å². The molecule has 0 unspecified atom stereocenters. The van der Waals surface area contributed by atoms with Gasteiger partial charge in [0.1, 0.15) is 12.7 Å². The van der Waals surface area contributed by atoms with Crippen molar-refractivity contribution in [3.8, 4) is 11.5 Å². The number of carbonyl (C=O) groups excluding carboxylic acids is 1. The van der Waals surface area contributed by atoms with E-state index < -0.39 is 0 Å². The largest absolute Gasteiger partial charge is 0.454 e. The monoisotopic (exact) mass is 380 g/mol. The zero-order valence-corrected chi connectivity index (χ0v) is 15.8. The maximum absolute atomic E-state index is 13.4. The SMILES string of the molecule is O=C(NCc1ccc2c(c1)OCO2)C12C[C@@H]3C[C@@H](C1)CC(n1cncn1)(C3)C2. The van der Waals surface area contributed by atoms with Crippen molar-refractivity contribution in [2.24, 2.45) is 17.3 Å². The van der Waals surface area contributed by atoms with Crippen LogP contribution in [-0.2, 0) is 16.9 Å². The first-order valence-electron chi connectivity index (χ1n) is 10.2. The number of nitrogens with one attached hydrogen (secondary N) is 1. The molecule has 0 radical (unpaired) electrons. The van der Waals surface area contributed by atoms with Crippen LogP contribution in [0.4, 0.5) is 0 Å². The normalized spacial score (nSPS) is 34.6. The number of amides is 1. The summed E-state index contributed by atoms with van der Waals surface area (Å²) in [6.07, 6.45) is 9.86. The average molecular weight is 380 g/mol. The van der Waals surface area contributed by atoms with Crippen LogP contribution in [0.3, 0.4) is 0 Å². The standard InChI is InChI=1S/C21H24N4O3/c26-19(23-9-14-1-2-17-18(4-14)28-13-27-17)20-5-15-3-16(6-20)8-21(7-15,10-20)25-12-22-11-24-25/h1-2,4,11-12,15-16H,3,5-10,13H2,(H,23,26)/t15-,16-,20?,21?/m0/s1. The van der Waals surface area contributed by atoms with E-state index in [1.165, 1.54) is 6.42 Å². The van der Waals surface area contributed by atoms with E-state index in [0.29, 0.717) is 18.4 Å². The molecule has 1 aromatic heterocycles. The lowest BCUT2D eigenvalue weighted by molar-refractivity contribution is -0.156. The van der Waals surface area contributed by atoms with Crippen LogP contribution >= 0.6 is 0 Å². The second kappa shape index (κ2) is 5.72. The van der Waals surface area contributed by atoms with E-state index in [9.17, 15) is 4.79 Å². The van der Waals surface area contributed by atoms with E-state index in [4.69, 9.17) is 9.47 Å². The number of hydrogen-bond acceptors (Lipinski definition) is 5. The number of aromatic nitrogens is 3. The molecule has 1 aliphatic heterocycles. The molecule has 2 atom stereocenters. The highest BCUT2D eigenvalue weighted by atomic mass is 16.7. The first-order chi connectivity index (χ1) is 13.6. The van der Waals surface area contributed by atoms with Crippen molar-refractivity contribution in [1.82, 2.24) is 20.1 Å². The van der Waals surface area contributed by atoms with Gasteiger partial charge in [-0.3, -0.25) is 4.79 Å². The fraction of sp³-hybridized carbons (Fsp3) is 0.571. The predicted molar refractivity (Wildman–Crippen MR) is 99.5 cm³/mol. The highest BCUT2D eigenvalue weighted by molar-refractivity contribution is 5.83. The number of nitrogens with zero attached hydrogens (tertiary/aromatic N) is 3. The summed E-state index contributed by atoms with van der Waals surface area (Å²) >= 11 is 0. The highest BCUT2D eigenvalue weighted by Crippen LogP contribution is 2.64. The van der Waals surface area contributed by atoms with Gasteiger partial charge >= 0.3 is 0 Å². The van der Waals surface area contributed by atoms with Crippen molar-refractivity contribution in [2.45, 2.75) is 50.6 Å². The number of hydrogen-bond donors (Lipinski definition) is 1. The van der Waals surface area contributed by atoms with Crippen LogP contribution in [0.1, 0.15) is 44.1 Å². The Labute approximate surface area is 163 Å². The van der Waals surface area contributed by atoms with Gasteiger partial charge in [-0.15, -0.1) is 0 Å². The molecule has 2 heterocycles. The third kappa shape index (κ3) is 2.38. The molecule has 5 aliphatic rings. The molecule has 2 aromatic rings. The summed E-state index contributed by atoms with van der Waals surface area (Å²) in [6.45, 7) is 0.782. The van der Waals surface area contributed by atoms with Crippen molar-refractivity contribution >= 4 is 5.91 Å². The molecule has 7 nitrogen and oxygen atoms in total. The molecule has 0 saturated heterocycles. The van der Waals surface area contributed by atoms with Crippen LogP contribution in [0.5, 0.6) is 11.5 Å². The van der Waals surface area contributed by atoms with Crippen LogP contribution in [-0.4, -0.2) is 27.5 Å². The van der Waals surface area contributed by atoms with Crippen molar-refractivity contribution in [1.29, 1.82) is 0 Å². The third-order valence-corrected chi connectivity index (χ3v) is 7.31. The Hall–Kier alpha value is -2.57. The Morgan fingerprint density at radius 1 is 1.18 bits per heavy atom. The first-order valence-corrected chi connectivity index (χ1v) is 10.2. The number of rotatable bonds is 4. The second-order valence-electron chi connectivity index (χ2n) is 9.18. The maximum Gasteiger partial charge on any atom is 0.231 e. The Balaban J connectivity index is 1.23. The molecule has 4 fully saturated rings. The van der Waals surface area contributed by atoms with Crippen LogP contribution < -0.4 is 14.8 Å². The van der Waals surface area contributed by atoms with Gasteiger partial charge in [-0.2, -0.15) is 5.10 Å². The average Bonchev–Trinajstić information content (AvgIpc) is 3.36. The van der Waals surface area contributed by atoms with Gasteiger partial charge in [0.2, 0.25) is 12.7 Å². The zero-order chi connectivity index (χ0) is 18.8. The summed E-state index contributed by atoms with van der Waals surface area (Å²) < 4.78 is 12.9. The summed E-state index contributed by atoms with van der Waals surface area (Å²) in [5.74, 6) is 2.95. The van der Waals surface area contributed by atoms with Gasteiger partial charge in [0, 0.05) is 6.54 Å². The smallest absolute Gasteiger partial charge is 0.231 e. The fourth-order valence-electron chi connectivity index (χ4n) is 6.62. The molecule has 1 amide bonds. The van der Waals surface area contributed by atoms with Crippen LogP contribution in [0.25, 0.3) is 0 Å². The van der Waals surface area contributed by atoms with Gasteiger partial charge in [-0.05, 0) is 68.1 Å². The molecular formula is C21H24N4O3. The molecule has 7 heteroatoms. The zero-order valence-electron chi connectivity index (χ0n) is 15.8. The van der Waals surface area contributed by atoms with E-state index in [-0.39, 0.29) is 23.7 Å². The summed E-state index contributed by atoms with van der Waals surface area (Å²) in [5.41, 5.74) is 0.733. The molecule has 7 rings (SSSR count). The predicted octanol–water partition coefficient (Wildman–Crippen LogP) is 2.62. The lowest BCUT2D eigenvalue weighted by Gasteiger charge is -2.60. The molecular weight excluding hydrogens is 356 g/mol. The van der Waals surface area contributed by atoms with Crippen molar-refractivity contribution < 1.29 is 14.3 Å². The lowest BCUT2D eigenvalue weighted by Crippen LogP contribution is -2.60. The molecule has 4 bridgehead atoms. The minimum atomic E-state index is -0.271. The molecule has 1 aromatic carbocycles. The summed E-state index contributed by atoms with van der Waals surface area (Å²) in [5, 5.41) is 7.70. The summed E-state index contributed by atoms with van der Waals surface area (Å²) in [7, 11) is 0. The minimum Gasteiger partial charge on any atom is -0.454 e. The van der Waals surface area contributed by atoms with Crippen molar-refractivity contribution in [3.05, 3.63) is 36.4 Å². The minimum absolute atomic E-state index is 0.0311. The molecule has 1 N–H and O–H groups in total. The lowest BCUT2D eigenvalue weighted by atomic mass is 9.46. The van der Waals surface area contributed by atoms with Gasteiger partial charge in [0.25, 0.3) is 0 Å². The Morgan fingerprint density at radius 2 is 2.00 bits per heavy atom. The summed E-state index contributed by atoms with van der Waals surface area (Å²) in [6, 6.07) is 5.86. The quantitative estimate of drug-likeness (QED) is 0.882. The number of ether oxygens (including phenoxy) is 2. The van der Waals surface area contributed by atoms with Crippen LogP contribution in [0.2, 0.25) is 0 Å². The van der Waals surface area contributed by atoms with Crippen molar-refractivity contribution in [2.75, 3.05) is 6.79 Å². The first kappa shape index (κ1) is 16.4. The van der Waals surface area contributed by atoms with Gasteiger partial charge in [-0.1, -0.05) is 6.07 Å². The molecule has 28 heavy (non-hydrogen) atoms. The Kier molecular flexibility index (Phi) is 3.35. The van der Waals surface area contributed by atoms with E-state index in [1.54, 1.807) is 6.33 Å². The maximum atomic E-state index is 13.4. The fourth-order valence-corrected chi connectivity index (χ4v) is 6.62. The van der Waals surface area contributed by atoms with E-state index in [1.807, 2.05) is 29.2 Å². The van der Waals surface area contributed by atoms with E-state index in [0.717, 1.165) is 49.2 Å². The van der Waals surface area contributed by atoms with Gasteiger partial charge in [-0.25, -0.2) is 9.67 Å². The van der Waals surface area contributed by atoms with E-state index in [2.05, 4.69) is 15.4 Å². The van der Waals surface area contributed by atoms with Gasteiger partial charge in [0.15, 0.2) is 11.5 Å². The second-order valence-corrected chi connectivity index (χ2v) is 9.18. The topological polar surface area (TPSA) is 78.3 Å². The number of carbonyl (C=O) groups is 1.